The zero-order valence-corrected chi connectivity index (χ0v) is 25.7. The number of nitrogens with one attached hydrogen (secondary N) is 2. The summed E-state index contributed by atoms with van der Waals surface area (Å²) >= 11 is 0. The van der Waals surface area contributed by atoms with E-state index in [4.69, 9.17) is 4.99 Å². The van der Waals surface area contributed by atoms with Gasteiger partial charge in [-0.25, -0.2) is 0 Å². The molecular formula is C35H52N4. The number of nitrogens with zero attached hydrogens (tertiary/aromatic N) is 2. The first kappa shape index (κ1) is 30.7. The standard InChI is InChI=1S/C32H44N4.C3H8/c1-7-12-28-18-17-27(22(4)8-2)20-33-30(9-3)32(29-16-10-13-23(5)24(29)6)26-15-11-14-25(19-26)31-21-34-35-36(28)31;1-3-2/h9-11,13-16,19-22,27-28,32,34-35H,7-8,12,17-18H2,1-6H3;3H2,1-2H3/b30-9-,33-20?;. The SMILES string of the molecule is C/C=C1\N=CC(C(C)CC)CCC(CCC)N2NNC=C2c2cccc(c2)C1c1cccc(C)c1C.CCC. The van der Waals surface area contributed by atoms with Gasteiger partial charge in [0.2, 0.25) is 0 Å². The van der Waals surface area contributed by atoms with E-state index in [1.54, 1.807) is 0 Å². The zero-order chi connectivity index (χ0) is 28.4. The first-order valence-electron chi connectivity index (χ1n) is 15.3. The van der Waals surface area contributed by atoms with Gasteiger partial charge in [-0.3, -0.25) is 10.0 Å². The molecular weight excluding hydrogens is 476 g/mol. The van der Waals surface area contributed by atoms with E-state index in [0.29, 0.717) is 17.9 Å². The van der Waals surface area contributed by atoms with Gasteiger partial charge < -0.3 is 5.43 Å². The molecule has 0 radical (unpaired) electrons. The van der Waals surface area contributed by atoms with Crippen LogP contribution in [0.1, 0.15) is 114 Å². The van der Waals surface area contributed by atoms with Crippen LogP contribution in [0.15, 0.2) is 65.4 Å². The lowest BCUT2D eigenvalue weighted by Gasteiger charge is -2.32. The molecule has 2 aliphatic heterocycles. The molecule has 2 aliphatic rings. The lowest BCUT2D eigenvalue weighted by Crippen LogP contribution is -2.44. The van der Waals surface area contributed by atoms with Crippen LogP contribution in [0, 0.1) is 25.7 Å². The molecule has 0 saturated heterocycles. The molecule has 0 aliphatic carbocycles. The Labute approximate surface area is 238 Å². The zero-order valence-electron chi connectivity index (χ0n) is 25.7. The first-order valence-corrected chi connectivity index (χ1v) is 15.3. The minimum atomic E-state index is 0.0900. The summed E-state index contributed by atoms with van der Waals surface area (Å²) in [5.74, 6) is 1.14. The van der Waals surface area contributed by atoms with E-state index >= 15 is 0 Å². The van der Waals surface area contributed by atoms with Crippen LogP contribution in [0.2, 0.25) is 0 Å². The van der Waals surface area contributed by atoms with Crippen molar-refractivity contribution in [1.82, 2.24) is 16.0 Å². The number of aryl methyl sites for hydroxylation is 1. The van der Waals surface area contributed by atoms with E-state index in [9.17, 15) is 0 Å². The monoisotopic (exact) mass is 528 g/mol. The van der Waals surface area contributed by atoms with Gasteiger partial charge in [0.25, 0.3) is 0 Å². The predicted molar refractivity (Wildman–Crippen MR) is 169 cm³/mol. The van der Waals surface area contributed by atoms with Gasteiger partial charge in [0.1, 0.15) is 0 Å². The topological polar surface area (TPSA) is 39.7 Å². The van der Waals surface area contributed by atoms with Crippen molar-refractivity contribution in [1.29, 1.82) is 0 Å². The number of hydrogen-bond donors (Lipinski definition) is 2. The number of hydrazine groups is 2. The number of rotatable bonds is 5. The van der Waals surface area contributed by atoms with Gasteiger partial charge in [0.15, 0.2) is 0 Å². The molecule has 39 heavy (non-hydrogen) atoms. The number of aliphatic imine (C=N–C) groups is 1. The van der Waals surface area contributed by atoms with Crippen molar-refractivity contribution in [3.8, 4) is 0 Å². The van der Waals surface area contributed by atoms with Gasteiger partial charge in [-0.2, -0.15) is 0 Å². The van der Waals surface area contributed by atoms with Crippen molar-refractivity contribution in [2.24, 2.45) is 16.8 Å². The number of fused-ring (bicyclic) bond motifs is 4. The van der Waals surface area contributed by atoms with Crippen LogP contribution in [-0.2, 0) is 0 Å². The maximum absolute atomic E-state index is 5.26. The fraction of sp³-hybridized carbons (Fsp3) is 0.514. The molecule has 0 aromatic heterocycles. The second kappa shape index (κ2) is 15.1. The van der Waals surface area contributed by atoms with Crippen molar-refractivity contribution in [3.63, 3.8) is 0 Å². The molecule has 0 amide bonds. The summed E-state index contributed by atoms with van der Waals surface area (Å²) in [6.07, 6.45) is 13.6. The minimum absolute atomic E-state index is 0.0900. The molecule has 0 spiro atoms. The van der Waals surface area contributed by atoms with Crippen LogP contribution < -0.4 is 11.0 Å². The summed E-state index contributed by atoms with van der Waals surface area (Å²) in [6, 6.07) is 16.2. The first-order chi connectivity index (χ1) is 18.9. The van der Waals surface area contributed by atoms with Crippen LogP contribution >= 0.6 is 0 Å². The van der Waals surface area contributed by atoms with Crippen LogP contribution in [0.25, 0.3) is 5.70 Å². The van der Waals surface area contributed by atoms with Gasteiger partial charge in [-0.05, 0) is 80.2 Å². The van der Waals surface area contributed by atoms with Crippen molar-refractivity contribution >= 4 is 11.9 Å². The summed E-state index contributed by atoms with van der Waals surface area (Å²) in [6.45, 7) is 17.8. The van der Waals surface area contributed by atoms with Crippen LogP contribution in [0.3, 0.4) is 0 Å². The Morgan fingerprint density at radius 2 is 1.79 bits per heavy atom. The van der Waals surface area contributed by atoms with Gasteiger partial charge in [0, 0.05) is 29.7 Å². The maximum Gasteiger partial charge on any atom is 0.0784 e. The molecule has 0 saturated carbocycles. The van der Waals surface area contributed by atoms with Crippen molar-refractivity contribution in [3.05, 3.63) is 88.3 Å². The Bertz CT molecular complexity index is 1150. The highest BCUT2D eigenvalue weighted by Crippen LogP contribution is 2.38. The Kier molecular flexibility index (Phi) is 11.9. The molecule has 4 rings (SSSR count). The van der Waals surface area contributed by atoms with E-state index < -0.39 is 0 Å². The van der Waals surface area contributed by atoms with Crippen LogP contribution in [0.4, 0.5) is 0 Å². The Balaban J connectivity index is 0.00000134. The van der Waals surface area contributed by atoms with Crippen molar-refractivity contribution < 1.29 is 0 Å². The largest absolute Gasteiger partial charge is 0.309 e. The fourth-order valence-electron chi connectivity index (χ4n) is 5.71. The summed E-state index contributed by atoms with van der Waals surface area (Å²) in [5.41, 5.74) is 15.6. The minimum Gasteiger partial charge on any atom is -0.309 e. The highest BCUT2D eigenvalue weighted by Gasteiger charge is 2.28. The third kappa shape index (κ3) is 7.42. The van der Waals surface area contributed by atoms with Crippen molar-refractivity contribution in [2.45, 2.75) is 106 Å². The maximum atomic E-state index is 5.26. The molecule has 0 fully saturated rings. The average molecular weight is 529 g/mol. The second-order valence-electron chi connectivity index (χ2n) is 11.3. The highest BCUT2D eigenvalue weighted by atomic mass is 15.7. The molecule has 4 nitrogen and oxygen atoms in total. The molecule has 2 aromatic carbocycles. The van der Waals surface area contributed by atoms with Gasteiger partial charge in [0.05, 0.1) is 11.6 Å². The van der Waals surface area contributed by atoms with E-state index in [2.05, 4.69) is 132 Å². The van der Waals surface area contributed by atoms with Crippen molar-refractivity contribution in [2.75, 3.05) is 0 Å². The molecule has 4 unspecified atom stereocenters. The third-order valence-corrected chi connectivity index (χ3v) is 8.33. The van der Waals surface area contributed by atoms with Gasteiger partial charge in [-0.1, -0.05) is 96.4 Å². The molecule has 2 aromatic rings. The molecule has 2 bridgehead atoms. The van der Waals surface area contributed by atoms with E-state index in [1.807, 2.05) is 0 Å². The number of benzene rings is 2. The lowest BCUT2D eigenvalue weighted by atomic mass is 9.83. The summed E-state index contributed by atoms with van der Waals surface area (Å²) in [7, 11) is 0. The van der Waals surface area contributed by atoms with E-state index in [0.717, 1.165) is 37.8 Å². The second-order valence-corrected chi connectivity index (χ2v) is 11.3. The molecule has 4 atom stereocenters. The van der Waals surface area contributed by atoms with Gasteiger partial charge >= 0.3 is 0 Å². The normalized spacial score (nSPS) is 22.9. The lowest BCUT2D eigenvalue weighted by molar-refractivity contribution is 0.180. The average Bonchev–Trinajstić information content (AvgIpc) is 3.43. The number of hydrogen-bond acceptors (Lipinski definition) is 4. The molecule has 212 valence electrons. The Morgan fingerprint density at radius 1 is 1.05 bits per heavy atom. The van der Waals surface area contributed by atoms with Crippen LogP contribution in [-0.4, -0.2) is 17.3 Å². The quantitative estimate of drug-likeness (QED) is 0.406. The number of allylic oxidation sites excluding steroid dienone is 2. The molecule has 2 N–H and O–H groups in total. The predicted octanol–water partition coefficient (Wildman–Crippen LogP) is 9.07. The summed E-state index contributed by atoms with van der Waals surface area (Å²) in [5, 5.41) is 2.37. The fourth-order valence-corrected chi connectivity index (χ4v) is 5.71. The summed E-state index contributed by atoms with van der Waals surface area (Å²) < 4.78 is 0. The Morgan fingerprint density at radius 3 is 2.49 bits per heavy atom. The summed E-state index contributed by atoms with van der Waals surface area (Å²) in [4.78, 5) is 5.26. The van der Waals surface area contributed by atoms with Crippen LogP contribution in [0.5, 0.6) is 0 Å². The van der Waals surface area contributed by atoms with E-state index in [-0.39, 0.29) is 5.92 Å². The van der Waals surface area contributed by atoms with E-state index in [1.165, 1.54) is 39.9 Å². The third-order valence-electron chi connectivity index (χ3n) is 8.33. The molecule has 4 heteroatoms. The van der Waals surface area contributed by atoms with Gasteiger partial charge in [-0.15, -0.1) is 5.53 Å². The highest BCUT2D eigenvalue weighted by molar-refractivity contribution is 5.67. The Hall–Kier alpha value is -2.85. The smallest absolute Gasteiger partial charge is 0.0784 e. The molecule has 2 heterocycles.